The molecule has 0 aliphatic carbocycles. The summed E-state index contributed by atoms with van der Waals surface area (Å²) in [6.45, 7) is 11.0. The predicted molar refractivity (Wildman–Crippen MR) is 90.7 cm³/mol. The summed E-state index contributed by atoms with van der Waals surface area (Å²) in [7, 11) is 1.21. The van der Waals surface area contributed by atoms with Crippen LogP contribution in [0, 0.1) is 0 Å². The Morgan fingerprint density at radius 1 is 0.880 bits per heavy atom. The molecule has 3 amide bonds. The molecule has 3 N–H and O–H groups in total. The van der Waals surface area contributed by atoms with Crippen molar-refractivity contribution >= 4 is 23.9 Å². The van der Waals surface area contributed by atoms with Gasteiger partial charge in [0.15, 0.2) is 0 Å². The molecule has 0 spiro atoms. The van der Waals surface area contributed by atoms with Crippen LogP contribution in [0.3, 0.4) is 0 Å². The van der Waals surface area contributed by atoms with Crippen LogP contribution < -0.4 is 16.0 Å². The zero-order valence-corrected chi connectivity index (χ0v) is 16.1. The predicted octanol–water partition coefficient (Wildman–Crippen LogP) is 0.472. The summed E-state index contributed by atoms with van der Waals surface area (Å²) in [5.41, 5.74) is -1.99. The average molecular weight is 359 g/mol. The summed E-state index contributed by atoms with van der Waals surface area (Å²) in [6.07, 6.45) is -0.739. The van der Waals surface area contributed by atoms with Crippen molar-refractivity contribution in [2.75, 3.05) is 7.11 Å². The number of alkyl carbamates (subject to hydrolysis) is 1. The van der Waals surface area contributed by atoms with E-state index in [1.165, 1.54) is 34.8 Å². The number of hydrogen-bond donors (Lipinski definition) is 3. The molecule has 0 heterocycles. The van der Waals surface area contributed by atoms with Crippen LogP contribution in [0.1, 0.15) is 48.5 Å². The molecule has 0 saturated carbocycles. The Bertz CT molecular complexity index is 524. The van der Waals surface area contributed by atoms with Crippen molar-refractivity contribution in [1.29, 1.82) is 0 Å². The zero-order valence-electron chi connectivity index (χ0n) is 16.1. The smallest absolute Gasteiger partial charge is 0.408 e. The number of carbonyl (C=O) groups excluding carboxylic acids is 4. The quantitative estimate of drug-likeness (QED) is 0.593. The summed E-state index contributed by atoms with van der Waals surface area (Å²) in [5, 5.41) is 7.35. The zero-order chi connectivity index (χ0) is 20.0. The number of esters is 1. The second-order valence-electron chi connectivity index (χ2n) is 7.20. The number of methoxy groups -OCH3 is 1. The number of amides is 3. The van der Waals surface area contributed by atoms with E-state index in [0.29, 0.717) is 0 Å². The topological polar surface area (TPSA) is 123 Å². The van der Waals surface area contributed by atoms with Crippen LogP contribution in [0.15, 0.2) is 0 Å². The van der Waals surface area contributed by atoms with Gasteiger partial charge in [-0.1, -0.05) is 0 Å². The van der Waals surface area contributed by atoms with Gasteiger partial charge in [-0.2, -0.15) is 0 Å². The Labute approximate surface area is 148 Å². The van der Waals surface area contributed by atoms with Gasteiger partial charge in [0.25, 0.3) is 0 Å². The molecule has 0 aliphatic heterocycles. The van der Waals surface area contributed by atoms with Crippen LogP contribution in [0.4, 0.5) is 4.79 Å². The number of hydrogen-bond acceptors (Lipinski definition) is 6. The first-order chi connectivity index (χ1) is 11.2. The third-order valence-corrected chi connectivity index (χ3v) is 3.03. The van der Waals surface area contributed by atoms with Crippen molar-refractivity contribution in [3.8, 4) is 0 Å². The Morgan fingerprint density at radius 2 is 1.40 bits per heavy atom. The lowest BCUT2D eigenvalue weighted by molar-refractivity contribution is -0.145. The van der Waals surface area contributed by atoms with Crippen molar-refractivity contribution in [2.24, 2.45) is 0 Å². The summed E-state index contributed by atoms with van der Waals surface area (Å²) in [4.78, 5) is 47.4. The van der Waals surface area contributed by atoms with E-state index in [4.69, 9.17) is 4.74 Å². The van der Waals surface area contributed by atoms with E-state index in [2.05, 4.69) is 20.7 Å². The van der Waals surface area contributed by atoms with Gasteiger partial charge in [-0.15, -0.1) is 0 Å². The molecule has 0 aromatic carbocycles. The summed E-state index contributed by atoms with van der Waals surface area (Å²) < 4.78 is 9.59. The van der Waals surface area contributed by atoms with Crippen LogP contribution in [-0.2, 0) is 23.9 Å². The lowest BCUT2D eigenvalue weighted by Crippen LogP contribution is -2.60. The number of ether oxygens (including phenoxy) is 2. The van der Waals surface area contributed by atoms with E-state index in [-0.39, 0.29) is 0 Å². The molecule has 9 nitrogen and oxygen atoms in total. The minimum atomic E-state index is -1.30. The van der Waals surface area contributed by atoms with Crippen LogP contribution in [0.5, 0.6) is 0 Å². The van der Waals surface area contributed by atoms with Gasteiger partial charge >= 0.3 is 12.1 Å². The fourth-order valence-corrected chi connectivity index (χ4v) is 1.64. The molecule has 0 radical (unpaired) electrons. The highest BCUT2D eigenvalue weighted by Gasteiger charge is 2.33. The summed E-state index contributed by atoms with van der Waals surface area (Å²) in [6, 6.07) is -1.77. The molecule has 2 atom stereocenters. The fraction of sp³-hybridized carbons (Fsp3) is 0.750. The second kappa shape index (κ2) is 8.68. The molecule has 0 aliphatic rings. The first-order valence-corrected chi connectivity index (χ1v) is 7.90. The number of rotatable bonds is 6. The van der Waals surface area contributed by atoms with Gasteiger partial charge in [0.2, 0.25) is 11.8 Å². The molecule has 0 saturated heterocycles. The first kappa shape index (κ1) is 22.7. The molecule has 144 valence electrons. The van der Waals surface area contributed by atoms with Gasteiger partial charge in [0.1, 0.15) is 23.2 Å². The molecule has 0 aromatic rings. The standard InChI is InChI=1S/C16H29N3O6/c1-9(18-14(23)25-15(3,4)5)11(20)19-16(6,7)13(22)17-10(2)12(21)24-8/h9-10H,1-8H3,(H,17,22)(H,18,23)(H,19,20)/t9-,10-/m0/s1. The van der Waals surface area contributed by atoms with E-state index in [1.54, 1.807) is 20.8 Å². The molecule has 0 fully saturated rings. The van der Waals surface area contributed by atoms with Gasteiger partial charge in [-0.05, 0) is 48.5 Å². The van der Waals surface area contributed by atoms with Gasteiger partial charge < -0.3 is 25.4 Å². The van der Waals surface area contributed by atoms with Crippen molar-refractivity contribution in [1.82, 2.24) is 16.0 Å². The maximum atomic E-state index is 12.2. The minimum Gasteiger partial charge on any atom is -0.467 e. The van der Waals surface area contributed by atoms with Gasteiger partial charge in [0, 0.05) is 0 Å². The summed E-state index contributed by atoms with van der Waals surface area (Å²) in [5.74, 6) is -1.74. The van der Waals surface area contributed by atoms with Crippen LogP contribution in [0.25, 0.3) is 0 Å². The first-order valence-electron chi connectivity index (χ1n) is 7.90. The lowest BCUT2D eigenvalue weighted by atomic mass is 10.0. The van der Waals surface area contributed by atoms with E-state index < -0.39 is 47.1 Å². The fourth-order valence-electron chi connectivity index (χ4n) is 1.64. The SMILES string of the molecule is COC(=O)[C@H](C)NC(=O)C(C)(C)NC(=O)[C@H](C)NC(=O)OC(C)(C)C. The van der Waals surface area contributed by atoms with Crippen LogP contribution in [-0.4, -0.2) is 54.2 Å². The lowest BCUT2D eigenvalue weighted by Gasteiger charge is -2.28. The Morgan fingerprint density at radius 3 is 1.84 bits per heavy atom. The highest BCUT2D eigenvalue weighted by atomic mass is 16.6. The van der Waals surface area contributed by atoms with Gasteiger partial charge in [-0.25, -0.2) is 9.59 Å². The average Bonchev–Trinajstić information content (AvgIpc) is 2.43. The molecule has 25 heavy (non-hydrogen) atoms. The molecule has 9 heteroatoms. The minimum absolute atomic E-state index is 0.566. The third kappa shape index (κ3) is 8.37. The Balaban J connectivity index is 4.71. The van der Waals surface area contributed by atoms with E-state index in [1.807, 2.05) is 0 Å². The van der Waals surface area contributed by atoms with Crippen molar-refractivity contribution < 1.29 is 28.7 Å². The Hall–Kier alpha value is -2.32. The molecular formula is C16H29N3O6. The third-order valence-electron chi connectivity index (χ3n) is 3.03. The maximum absolute atomic E-state index is 12.2. The molecule has 0 rings (SSSR count). The van der Waals surface area contributed by atoms with E-state index in [9.17, 15) is 19.2 Å². The van der Waals surface area contributed by atoms with Crippen molar-refractivity contribution in [2.45, 2.75) is 71.7 Å². The molecule has 0 unspecified atom stereocenters. The van der Waals surface area contributed by atoms with Crippen LogP contribution in [0.2, 0.25) is 0 Å². The number of nitrogens with one attached hydrogen (secondary N) is 3. The van der Waals surface area contributed by atoms with E-state index >= 15 is 0 Å². The maximum Gasteiger partial charge on any atom is 0.408 e. The normalized spacial score (nSPS) is 13.9. The molecule has 0 aromatic heterocycles. The van der Waals surface area contributed by atoms with Gasteiger partial charge in [-0.3, -0.25) is 9.59 Å². The van der Waals surface area contributed by atoms with Gasteiger partial charge in [0.05, 0.1) is 7.11 Å². The van der Waals surface area contributed by atoms with Crippen molar-refractivity contribution in [3.05, 3.63) is 0 Å². The monoisotopic (exact) mass is 359 g/mol. The Kier molecular flexibility index (Phi) is 7.88. The largest absolute Gasteiger partial charge is 0.467 e. The second-order valence-corrected chi connectivity index (χ2v) is 7.20. The van der Waals surface area contributed by atoms with Crippen LogP contribution >= 0.6 is 0 Å². The highest BCUT2D eigenvalue weighted by molar-refractivity contribution is 5.95. The van der Waals surface area contributed by atoms with Crippen molar-refractivity contribution in [3.63, 3.8) is 0 Å². The summed E-state index contributed by atoms with van der Waals surface area (Å²) >= 11 is 0. The molecular weight excluding hydrogens is 330 g/mol. The number of carbonyl (C=O) groups is 4. The highest BCUT2D eigenvalue weighted by Crippen LogP contribution is 2.07. The molecule has 0 bridgehead atoms. The van der Waals surface area contributed by atoms with E-state index in [0.717, 1.165) is 0 Å².